The second kappa shape index (κ2) is 10.2. The van der Waals surface area contributed by atoms with Crippen LogP contribution >= 0.6 is 0 Å². The maximum atomic E-state index is 13.4. The van der Waals surface area contributed by atoms with Crippen molar-refractivity contribution in [2.45, 2.75) is 25.4 Å². The van der Waals surface area contributed by atoms with Crippen LogP contribution < -0.4 is 10.6 Å². The summed E-state index contributed by atoms with van der Waals surface area (Å²) in [4.78, 5) is 16.0. The average Bonchev–Trinajstić information content (AvgIpc) is 3.63. The fourth-order valence-electron chi connectivity index (χ4n) is 5.38. The minimum Gasteiger partial charge on any atom is -0.381 e. The van der Waals surface area contributed by atoms with Gasteiger partial charge in [-0.15, -0.1) is 0 Å². The third kappa shape index (κ3) is 4.87. The van der Waals surface area contributed by atoms with Gasteiger partial charge in [0, 0.05) is 67.0 Å². The Balaban J connectivity index is 1.07. The highest BCUT2D eigenvalue weighted by Crippen LogP contribution is 2.30. The molecule has 2 aliphatic rings. The van der Waals surface area contributed by atoms with Gasteiger partial charge in [0.2, 0.25) is 5.95 Å². The van der Waals surface area contributed by atoms with Crippen LogP contribution in [-0.4, -0.2) is 60.6 Å². The molecule has 0 aliphatic carbocycles. The van der Waals surface area contributed by atoms with E-state index < -0.39 is 5.54 Å². The molecule has 41 heavy (non-hydrogen) atoms. The van der Waals surface area contributed by atoms with E-state index in [1.807, 2.05) is 28.5 Å². The fourth-order valence-corrected chi connectivity index (χ4v) is 5.38. The molecule has 208 valence electrons. The zero-order valence-electron chi connectivity index (χ0n) is 22.7. The fraction of sp³-hybridized carbons (Fsp3) is 0.300. The van der Waals surface area contributed by atoms with E-state index >= 15 is 0 Å². The minimum atomic E-state index is -0.833. The van der Waals surface area contributed by atoms with Crippen LogP contribution in [0.3, 0.4) is 0 Å². The Labute approximate surface area is 236 Å². The van der Waals surface area contributed by atoms with Crippen LogP contribution in [0.25, 0.3) is 22.2 Å². The van der Waals surface area contributed by atoms with Crippen molar-refractivity contribution in [2.75, 3.05) is 31.2 Å². The number of halogens is 1. The Kier molecular flexibility index (Phi) is 6.32. The van der Waals surface area contributed by atoms with Crippen molar-refractivity contribution in [2.24, 2.45) is 11.7 Å². The Bertz CT molecular complexity index is 1720. The summed E-state index contributed by atoms with van der Waals surface area (Å²) in [6.45, 7) is 5.77. The lowest BCUT2D eigenvalue weighted by molar-refractivity contribution is -0.0408. The Morgan fingerprint density at radius 3 is 2.51 bits per heavy atom. The molecule has 1 fully saturated rings. The van der Waals surface area contributed by atoms with Gasteiger partial charge < -0.3 is 15.4 Å². The summed E-state index contributed by atoms with van der Waals surface area (Å²) in [5.74, 6) is 0.885. The molecule has 0 saturated carbocycles. The van der Waals surface area contributed by atoms with Gasteiger partial charge in [-0.05, 0) is 42.7 Å². The van der Waals surface area contributed by atoms with E-state index in [1.54, 1.807) is 30.9 Å². The number of rotatable bonds is 7. The van der Waals surface area contributed by atoms with Gasteiger partial charge >= 0.3 is 0 Å². The molecule has 1 atom stereocenters. The van der Waals surface area contributed by atoms with Gasteiger partial charge in [-0.25, -0.2) is 23.9 Å². The molecule has 4 aromatic heterocycles. The topological polar surface area (TPSA) is 112 Å². The van der Waals surface area contributed by atoms with E-state index in [2.05, 4.69) is 48.4 Å². The molecule has 0 spiro atoms. The van der Waals surface area contributed by atoms with Gasteiger partial charge in [0.25, 0.3) is 0 Å². The Morgan fingerprint density at radius 2 is 1.80 bits per heavy atom. The Morgan fingerprint density at radius 1 is 1.00 bits per heavy atom. The number of ether oxygens (including phenoxy) is 1. The molecular formula is C30H30FN9O. The van der Waals surface area contributed by atoms with E-state index in [-0.39, 0.29) is 5.82 Å². The van der Waals surface area contributed by atoms with Gasteiger partial charge in [-0.3, -0.25) is 4.68 Å². The molecule has 0 unspecified atom stereocenters. The van der Waals surface area contributed by atoms with Gasteiger partial charge in [-0.1, -0.05) is 18.2 Å². The largest absolute Gasteiger partial charge is 0.381 e. The van der Waals surface area contributed by atoms with E-state index in [4.69, 9.17) is 10.5 Å². The smallest absolute Gasteiger partial charge is 0.225 e. The van der Waals surface area contributed by atoms with Crippen molar-refractivity contribution < 1.29 is 9.13 Å². The van der Waals surface area contributed by atoms with E-state index in [9.17, 15) is 4.39 Å². The summed E-state index contributed by atoms with van der Waals surface area (Å²) in [7, 11) is 0. The number of nitrogens with zero attached hydrogens (tertiary/aromatic N) is 8. The number of hydrogen-bond acceptors (Lipinski definition) is 8. The van der Waals surface area contributed by atoms with Crippen LogP contribution in [0.15, 0.2) is 73.7 Å². The zero-order chi connectivity index (χ0) is 28.0. The predicted molar refractivity (Wildman–Crippen MR) is 152 cm³/mol. The van der Waals surface area contributed by atoms with E-state index in [0.29, 0.717) is 18.4 Å². The van der Waals surface area contributed by atoms with Crippen molar-refractivity contribution in [3.63, 3.8) is 0 Å². The summed E-state index contributed by atoms with van der Waals surface area (Å²) >= 11 is 0. The number of fused-ring (bicyclic) bond motifs is 1. The lowest BCUT2D eigenvalue weighted by atomic mass is 9.87. The molecule has 10 nitrogen and oxygen atoms in total. The summed E-state index contributed by atoms with van der Waals surface area (Å²) in [5, 5.41) is 8.99. The molecular weight excluding hydrogens is 521 g/mol. The molecule has 1 saturated heterocycles. The van der Waals surface area contributed by atoms with Crippen molar-refractivity contribution in [3.05, 3.63) is 96.4 Å². The second-order valence-electron chi connectivity index (χ2n) is 10.9. The third-order valence-corrected chi connectivity index (χ3v) is 8.00. The van der Waals surface area contributed by atoms with Crippen LogP contribution in [0.5, 0.6) is 0 Å². The molecule has 0 bridgehead atoms. The maximum absolute atomic E-state index is 13.4. The van der Waals surface area contributed by atoms with Crippen LogP contribution in [-0.2, 0) is 16.8 Å². The number of nitrogens with two attached hydrogens (primary N) is 1. The molecule has 6 heterocycles. The normalized spacial score (nSPS) is 17.3. The molecule has 2 aliphatic heterocycles. The lowest BCUT2D eigenvalue weighted by Crippen LogP contribution is -2.35. The molecule has 11 heteroatoms. The van der Waals surface area contributed by atoms with E-state index in [0.717, 1.165) is 66.2 Å². The van der Waals surface area contributed by atoms with Crippen molar-refractivity contribution in [1.82, 2.24) is 34.3 Å². The lowest BCUT2D eigenvalue weighted by Gasteiger charge is -2.28. The average molecular weight is 552 g/mol. The van der Waals surface area contributed by atoms with Gasteiger partial charge in [0.15, 0.2) is 0 Å². The summed E-state index contributed by atoms with van der Waals surface area (Å²) in [6, 6.07) is 8.33. The van der Waals surface area contributed by atoms with Crippen LogP contribution in [0.2, 0.25) is 0 Å². The standard InChI is InChI=1S/C30H30FN9O/c1-30(32,24-2-4-26(31)5-3-24)25-12-33-29(34-13-25)38-8-6-21(7-9-38)28-27-10-22(16-40(27)37-19-35-28)23-11-36-39(15-23)14-20-17-41-18-20/h2-6,10-13,15-16,19-20H,7-9,14,17-18,32H2,1H3/t30-/m0/s1. The van der Waals surface area contributed by atoms with Crippen LogP contribution in [0.1, 0.15) is 30.2 Å². The van der Waals surface area contributed by atoms with Gasteiger partial charge in [-0.2, -0.15) is 10.2 Å². The molecule has 0 radical (unpaired) electrons. The summed E-state index contributed by atoms with van der Waals surface area (Å²) in [5.41, 5.74) is 12.5. The number of hydrogen-bond donors (Lipinski definition) is 1. The van der Waals surface area contributed by atoms with Crippen LogP contribution in [0.4, 0.5) is 10.3 Å². The van der Waals surface area contributed by atoms with Crippen LogP contribution in [0, 0.1) is 11.7 Å². The number of anilines is 1. The highest BCUT2D eigenvalue weighted by molar-refractivity contribution is 5.80. The Hall–Kier alpha value is -4.48. The first-order valence-corrected chi connectivity index (χ1v) is 13.7. The van der Waals surface area contributed by atoms with E-state index in [1.165, 1.54) is 17.7 Å². The minimum absolute atomic E-state index is 0.295. The molecule has 7 rings (SSSR count). The first-order chi connectivity index (χ1) is 19.9. The van der Waals surface area contributed by atoms with Crippen molar-refractivity contribution in [1.29, 1.82) is 0 Å². The quantitative estimate of drug-likeness (QED) is 0.326. The molecule has 0 amide bonds. The SMILES string of the molecule is C[C@](N)(c1ccc(F)cc1)c1cnc(N2CC=C(c3ncnn4cc(-c5cnn(CC6COC6)c5)cc34)CC2)nc1. The summed E-state index contributed by atoms with van der Waals surface area (Å²) < 4.78 is 22.5. The monoisotopic (exact) mass is 551 g/mol. The first-order valence-electron chi connectivity index (χ1n) is 13.7. The highest BCUT2D eigenvalue weighted by atomic mass is 19.1. The summed E-state index contributed by atoms with van der Waals surface area (Å²) in [6.07, 6.45) is 14.1. The molecule has 1 aromatic carbocycles. The van der Waals surface area contributed by atoms with Gasteiger partial charge in [0.1, 0.15) is 12.1 Å². The van der Waals surface area contributed by atoms with Gasteiger partial charge in [0.05, 0.1) is 36.2 Å². The molecule has 2 N–H and O–H groups in total. The number of aromatic nitrogens is 7. The van der Waals surface area contributed by atoms with Crippen molar-refractivity contribution >= 4 is 17.0 Å². The second-order valence-corrected chi connectivity index (χ2v) is 10.9. The predicted octanol–water partition coefficient (Wildman–Crippen LogP) is 3.68. The maximum Gasteiger partial charge on any atom is 0.225 e. The highest BCUT2D eigenvalue weighted by Gasteiger charge is 2.26. The molecule has 5 aromatic rings. The first kappa shape index (κ1) is 25.5. The zero-order valence-corrected chi connectivity index (χ0v) is 22.7. The third-order valence-electron chi connectivity index (χ3n) is 8.00. The van der Waals surface area contributed by atoms with Crippen molar-refractivity contribution in [3.8, 4) is 11.1 Å². The number of benzene rings is 1.